The summed E-state index contributed by atoms with van der Waals surface area (Å²) in [4.78, 5) is 28.8. The van der Waals surface area contributed by atoms with E-state index in [0.717, 1.165) is 33.4 Å². The van der Waals surface area contributed by atoms with Gasteiger partial charge < -0.3 is 10.6 Å². The van der Waals surface area contributed by atoms with Crippen molar-refractivity contribution in [1.29, 1.82) is 0 Å². The van der Waals surface area contributed by atoms with Crippen LogP contribution in [0.3, 0.4) is 0 Å². The molecule has 0 radical (unpaired) electrons. The molecule has 138 valence electrons. The first kappa shape index (κ1) is 18.9. The molecular weight excluding hydrogens is 366 g/mol. The molecule has 2 N–H and O–H groups in total. The van der Waals surface area contributed by atoms with Crippen molar-refractivity contribution < 1.29 is 9.59 Å². The van der Waals surface area contributed by atoms with Gasteiger partial charge in [0.15, 0.2) is 4.34 Å². The topological polar surface area (TPSA) is 71.1 Å². The second-order valence-corrected chi connectivity index (χ2v) is 9.02. The predicted octanol–water partition coefficient (Wildman–Crippen LogP) is 4.17. The third-order valence-electron chi connectivity index (χ3n) is 3.77. The van der Waals surface area contributed by atoms with Gasteiger partial charge in [-0.2, -0.15) is 0 Å². The molecule has 7 heteroatoms. The molecule has 0 spiro atoms. The van der Waals surface area contributed by atoms with Gasteiger partial charge in [0.25, 0.3) is 0 Å². The molecule has 0 bridgehead atoms. The summed E-state index contributed by atoms with van der Waals surface area (Å²) in [6.45, 7) is 4.04. The van der Waals surface area contributed by atoms with Crippen LogP contribution in [0.5, 0.6) is 0 Å². The van der Waals surface area contributed by atoms with Crippen LogP contribution in [-0.4, -0.2) is 28.6 Å². The Morgan fingerprint density at radius 2 is 1.96 bits per heavy atom. The number of carbonyl (C=O) groups is 2. The molecule has 1 aliphatic rings. The van der Waals surface area contributed by atoms with Crippen LogP contribution in [0.2, 0.25) is 0 Å². The molecule has 1 fully saturated rings. The maximum atomic E-state index is 12.2. The maximum Gasteiger partial charge on any atom is 0.230 e. The lowest BCUT2D eigenvalue weighted by Gasteiger charge is -2.06. The van der Waals surface area contributed by atoms with E-state index in [1.165, 1.54) is 23.1 Å². The van der Waals surface area contributed by atoms with Gasteiger partial charge in [0.05, 0.1) is 5.75 Å². The number of benzene rings is 1. The van der Waals surface area contributed by atoms with Gasteiger partial charge in [-0.05, 0) is 18.8 Å². The van der Waals surface area contributed by atoms with Crippen LogP contribution in [0.1, 0.15) is 33.1 Å². The lowest BCUT2D eigenvalue weighted by molar-refractivity contribution is -0.119. The average molecular weight is 390 g/mol. The Balaban J connectivity index is 1.73. The Labute approximate surface area is 162 Å². The number of nitrogens with one attached hydrogen (secondary N) is 2. The number of hydrogen-bond acceptors (Lipinski definition) is 5. The summed E-state index contributed by atoms with van der Waals surface area (Å²) in [7, 11) is 0. The maximum absolute atomic E-state index is 12.2. The zero-order valence-corrected chi connectivity index (χ0v) is 16.6. The quantitative estimate of drug-likeness (QED) is 0.665. The zero-order chi connectivity index (χ0) is 18.5. The highest BCUT2D eigenvalue weighted by molar-refractivity contribution is 8.01. The van der Waals surface area contributed by atoms with Crippen molar-refractivity contribution in [2.45, 2.75) is 43.5 Å². The summed E-state index contributed by atoms with van der Waals surface area (Å²) in [5.41, 5.74) is 1.72. The number of aromatic nitrogens is 1. The van der Waals surface area contributed by atoms with E-state index < -0.39 is 0 Å². The minimum absolute atomic E-state index is 0.0103. The third-order valence-corrected chi connectivity index (χ3v) is 5.88. The molecule has 1 aromatic heterocycles. The molecular formula is C19H23N3O2S2. The number of rotatable bonds is 8. The van der Waals surface area contributed by atoms with E-state index in [9.17, 15) is 9.59 Å². The van der Waals surface area contributed by atoms with Gasteiger partial charge in [-0.1, -0.05) is 67.3 Å². The van der Waals surface area contributed by atoms with Crippen LogP contribution < -0.4 is 10.6 Å². The summed E-state index contributed by atoms with van der Waals surface area (Å²) in [6, 6.07) is 10.2. The molecule has 0 saturated heterocycles. The molecule has 2 amide bonds. The van der Waals surface area contributed by atoms with Crippen molar-refractivity contribution >= 4 is 39.9 Å². The Kier molecular flexibility index (Phi) is 6.32. The van der Waals surface area contributed by atoms with Crippen LogP contribution in [-0.2, 0) is 9.59 Å². The summed E-state index contributed by atoms with van der Waals surface area (Å²) in [5.74, 6) is 0.670. The minimum atomic E-state index is -0.0103. The van der Waals surface area contributed by atoms with Gasteiger partial charge in [-0.3, -0.25) is 9.59 Å². The first-order valence-electron chi connectivity index (χ1n) is 8.79. The van der Waals surface area contributed by atoms with Gasteiger partial charge in [-0.25, -0.2) is 4.98 Å². The largest absolute Gasteiger partial charge is 0.353 e. The van der Waals surface area contributed by atoms with E-state index in [4.69, 9.17) is 0 Å². The first-order chi connectivity index (χ1) is 12.5. The van der Waals surface area contributed by atoms with Gasteiger partial charge in [0.1, 0.15) is 10.7 Å². The molecule has 1 saturated carbocycles. The number of nitrogens with zero attached hydrogens (tertiary/aromatic N) is 1. The number of amides is 2. The van der Waals surface area contributed by atoms with Crippen LogP contribution in [0, 0.1) is 5.92 Å². The second kappa shape index (κ2) is 8.68. The zero-order valence-electron chi connectivity index (χ0n) is 15.0. The standard InChI is InChI=1S/C19H23N3O2S2/c1-12(2)10-15(23)21-18-17(13-6-4-3-5-7-13)22-19(26-18)25-11-16(24)20-14-8-9-14/h3-7,12,14H,8-11H2,1-2H3,(H,20,24)(H,21,23). The Morgan fingerprint density at radius 1 is 1.23 bits per heavy atom. The van der Waals surface area contributed by atoms with Crippen LogP contribution in [0.15, 0.2) is 34.7 Å². The van der Waals surface area contributed by atoms with Gasteiger partial charge in [0.2, 0.25) is 11.8 Å². The molecule has 5 nitrogen and oxygen atoms in total. The number of thiazole rings is 1. The van der Waals surface area contributed by atoms with Crippen molar-refractivity contribution in [2.24, 2.45) is 5.92 Å². The third kappa shape index (κ3) is 5.57. The number of thioether (sulfide) groups is 1. The smallest absolute Gasteiger partial charge is 0.230 e. The molecule has 3 rings (SSSR count). The molecule has 1 aliphatic carbocycles. The van der Waals surface area contributed by atoms with Crippen molar-refractivity contribution in [2.75, 3.05) is 11.1 Å². The Bertz CT molecular complexity index is 770. The molecule has 0 atom stereocenters. The monoisotopic (exact) mass is 389 g/mol. The highest BCUT2D eigenvalue weighted by Gasteiger charge is 2.23. The minimum Gasteiger partial charge on any atom is -0.353 e. The molecule has 26 heavy (non-hydrogen) atoms. The fraction of sp³-hybridized carbons (Fsp3) is 0.421. The molecule has 0 unspecified atom stereocenters. The summed E-state index contributed by atoms with van der Waals surface area (Å²) < 4.78 is 0.787. The predicted molar refractivity (Wildman–Crippen MR) is 108 cm³/mol. The van der Waals surface area contributed by atoms with Crippen LogP contribution in [0.25, 0.3) is 11.3 Å². The first-order valence-corrected chi connectivity index (χ1v) is 10.6. The van der Waals surface area contributed by atoms with Crippen molar-refractivity contribution in [1.82, 2.24) is 10.3 Å². The highest BCUT2D eigenvalue weighted by atomic mass is 32.2. The normalized spacial score (nSPS) is 13.7. The van der Waals surface area contributed by atoms with E-state index in [1.807, 2.05) is 44.2 Å². The van der Waals surface area contributed by atoms with E-state index in [2.05, 4.69) is 15.6 Å². The second-order valence-electron chi connectivity index (χ2n) is 6.80. The fourth-order valence-electron chi connectivity index (χ4n) is 2.41. The van der Waals surface area contributed by atoms with Crippen molar-refractivity contribution in [3.05, 3.63) is 30.3 Å². The highest BCUT2D eigenvalue weighted by Crippen LogP contribution is 2.37. The number of carbonyl (C=O) groups excluding carboxylic acids is 2. The van der Waals surface area contributed by atoms with E-state index >= 15 is 0 Å². The van der Waals surface area contributed by atoms with E-state index in [0.29, 0.717) is 24.1 Å². The lowest BCUT2D eigenvalue weighted by atomic mass is 10.1. The molecule has 1 heterocycles. The molecule has 0 aliphatic heterocycles. The summed E-state index contributed by atoms with van der Waals surface area (Å²) in [6.07, 6.45) is 2.63. The summed E-state index contributed by atoms with van der Waals surface area (Å²) in [5, 5.41) is 6.71. The Morgan fingerprint density at radius 3 is 2.62 bits per heavy atom. The van der Waals surface area contributed by atoms with Gasteiger partial charge in [-0.15, -0.1) is 0 Å². The van der Waals surface area contributed by atoms with Gasteiger partial charge in [0, 0.05) is 18.0 Å². The van der Waals surface area contributed by atoms with Crippen molar-refractivity contribution in [3.8, 4) is 11.3 Å². The molecule has 1 aromatic carbocycles. The SMILES string of the molecule is CC(C)CC(=O)Nc1sc(SCC(=O)NC2CC2)nc1-c1ccccc1. The van der Waals surface area contributed by atoms with Crippen LogP contribution in [0.4, 0.5) is 5.00 Å². The van der Waals surface area contributed by atoms with Crippen LogP contribution >= 0.6 is 23.1 Å². The van der Waals surface area contributed by atoms with Crippen molar-refractivity contribution in [3.63, 3.8) is 0 Å². The molecule has 2 aromatic rings. The van der Waals surface area contributed by atoms with Gasteiger partial charge >= 0.3 is 0 Å². The van der Waals surface area contributed by atoms with E-state index in [-0.39, 0.29) is 11.8 Å². The average Bonchev–Trinajstić information content (AvgIpc) is 3.31. The fourth-order valence-corrected chi connectivity index (χ4v) is 4.30. The lowest BCUT2D eigenvalue weighted by Crippen LogP contribution is -2.26. The number of hydrogen-bond donors (Lipinski definition) is 2. The number of anilines is 1. The Hall–Kier alpha value is -1.86. The summed E-state index contributed by atoms with van der Waals surface area (Å²) >= 11 is 2.84. The van der Waals surface area contributed by atoms with E-state index in [1.54, 1.807) is 0 Å².